The van der Waals surface area contributed by atoms with Crippen molar-refractivity contribution in [3.05, 3.63) is 35.4 Å². The number of methoxy groups -OCH3 is 1. The molecule has 0 amide bonds. The highest BCUT2D eigenvalue weighted by molar-refractivity contribution is 5.33. The summed E-state index contributed by atoms with van der Waals surface area (Å²) in [5, 5.41) is 0. The van der Waals surface area contributed by atoms with E-state index in [2.05, 4.69) is 29.7 Å². The van der Waals surface area contributed by atoms with Crippen LogP contribution in [0, 0.1) is 0 Å². The van der Waals surface area contributed by atoms with Crippen LogP contribution < -0.4 is 5.48 Å². The minimum absolute atomic E-state index is 0.345. The van der Waals surface area contributed by atoms with Gasteiger partial charge in [-0.25, -0.2) is 0 Å². The number of ether oxygens (including phenoxy) is 1. The van der Waals surface area contributed by atoms with Crippen molar-refractivity contribution in [2.75, 3.05) is 20.3 Å². The highest BCUT2D eigenvalue weighted by Gasteiger charge is 2.21. The molecule has 0 fully saturated rings. The molecular formula is C12H17NO2. The predicted octanol–water partition coefficient (Wildman–Crippen LogP) is 1.84. The van der Waals surface area contributed by atoms with Crippen LogP contribution in [0.4, 0.5) is 0 Å². The van der Waals surface area contributed by atoms with Gasteiger partial charge in [-0.2, -0.15) is 5.48 Å². The lowest BCUT2D eigenvalue weighted by molar-refractivity contribution is -0.0121. The fraction of sp³-hybridized carbons (Fsp3) is 0.500. The maximum absolute atomic E-state index is 5.34. The van der Waals surface area contributed by atoms with E-state index in [-0.39, 0.29) is 0 Å². The summed E-state index contributed by atoms with van der Waals surface area (Å²) in [6, 6.07) is 8.87. The van der Waals surface area contributed by atoms with Gasteiger partial charge in [0.05, 0.1) is 19.3 Å². The van der Waals surface area contributed by atoms with Crippen LogP contribution in [0.1, 0.15) is 23.6 Å². The second-order valence-electron chi connectivity index (χ2n) is 3.75. The Morgan fingerprint density at radius 1 is 1.33 bits per heavy atom. The van der Waals surface area contributed by atoms with Crippen molar-refractivity contribution in [1.82, 2.24) is 5.48 Å². The van der Waals surface area contributed by atoms with Gasteiger partial charge >= 0.3 is 0 Å². The van der Waals surface area contributed by atoms with Crippen molar-refractivity contribution in [3.63, 3.8) is 0 Å². The number of hydrogen-bond donors (Lipinski definition) is 1. The van der Waals surface area contributed by atoms with Gasteiger partial charge in [0.15, 0.2) is 0 Å². The molecule has 3 heteroatoms. The van der Waals surface area contributed by atoms with Gasteiger partial charge < -0.3 is 4.74 Å². The van der Waals surface area contributed by atoms with Crippen LogP contribution in [-0.4, -0.2) is 20.3 Å². The molecule has 0 saturated heterocycles. The van der Waals surface area contributed by atoms with Crippen molar-refractivity contribution < 1.29 is 9.57 Å². The maximum Gasteiger partial charge on any atom is 0.0916 e. The van der Waals surface area contributed by atoms with Crippen molar-refractivity contribution in [2.45, 2.75) is 18.9 Å². The summed E-state index contributed by atoms with van der Waals surface area (Å²) in [5.41, 5.74) is 5.90. The zero-order valence-corrected chi connectivity index (χ0v) is 9.03. The molecule has 3 nitrogen and oxygen atoms in total. The van der Waals surface area contributed by atoms with E-state index in [9.17, 15) is 0 Å². The Morgan fingerprint density at radius 3 is 3.07 bits per heavy atom. The summed E-state index contributed by atoms with van der Waals surface area (Å²) >= 11 is 0. The minimum atomic E-state index is 0.345. The Kier molecular flexibility index (Phi) is 3.72. The lowest BCUT2D eigenvalue weighted by Crippen LogP contribution is -2.21. The molecule has 82 valence electrons. The van der Waals surface area contributed by atoms with Crippen LogP contribution in [0.3, 0.4) is 0 Å². The van der Waals surface area contributed by atoms with Crippen LogP contribution in [-0.2, 0) is 16.0 Å². The molecule has 1 aliphatic carbocycles. The molecule has 0 aliphatic heterocycles. The van der Waals surface area contributed by atoms with Crippen LogP contribution in [0.5, 0.6) is 0 Å². The Bertz CT molecular complexity index is 314. The van der Waals surface area contributed by atoms with E-state index >= 15 is 0 Å². The standard InChI is InChI=1S/C12H17NO2/c1-14-8-9-15-13-12-7-6-10-4-2-3-5-11(10)12/h2-5,12-13H,6-9H2,1H3. The summed E-state index contributed by atoms with van der Waals surface area (Å²) in [4.78, 5) is 5.34. The van der Waals surface area contributed by atoms with Crippen molar-refractivity contribution in [3.8, 4) is 0 Å². The number of fused-ring (bicyclic) bond motifs is 1. The maximum atomic E-state index is 5.34. The molecule has 1 unspecified atom stereocenters. The van der Waals surface area contributed by atoms with Crippen molar-refractivity contribution in [2.24, 2.45) is 0 Å². The Balaban J connectivity index is 1.85. The first-order valence-corrected chi connectivity index (χ1v) is 5.36. The summed E-state index contributed by atoms with van der Waals surface area (Å²) in [6.45, 7) is 1.22. The molecule has 0 saturated carbocycles. The molecule has 1 atom stereocenters. The molecule has 0 radical (unpaired) electrons. The molecule has 0 aromatic heterocycles. The fourth-order valence-electron chi connectivity index (χ4n) is 1.96. The number of nitrogens with one attached hydrogen (secondary N) is 1. The molecule has 15 heavy (non-hydrogen) atoms. The summed E-state index contributed by atoms with van der Waals surface area (Å²) in [6.07, 6.45) is 2.26. The van der Waals surface area contributed by atoms with Crippen LogP contribution in [0.15, 0.2) is 24.3 Å². The molecular weight excluding hydrogens is 190 g/mol. The normalized spacial score (nSPS) is 19.1. The second kappa shape index (κ2) is 5.26. The lowest BCUT2D eigenvalue weighted by atomic mass is 10.1. The summed E-state index contributed by atoms with van der Waals surface area (Å²) in [7, 11) is 1.67. The third-order valence-electron chi connectivity index (χ3n) is 2.75. The molecule has 2 rings (SSSR count). The van der Waals surface area contributed by atoms with Crippen molar-refractivity contribution in [1.29, 1.82) is 0 Å². The third kappa shape index (κ3) is 2.56. The van der Waals surface area contributed by atoms with Gasteiger partial charge in [-0.05, 0) is 24.0 Å². The third-order valence-corrected chi connectivity index (χ3v) is 2.75. The van der Waals surface area contributed by atoms with Gasteiger partial charge in [-0.1, -0.05) is 24.3 Å². The summed E-state index contributed by atoms with van der Waals surface area (Å²) in [5.74, 6) is 0. The second-order valence-corrected chi connectivity index (χ2v) is 3.75. The highest BCUT2D eigenvalue weighted by atomic mass is 16.7. The van der Waals surface area contributed by atoms with E-state index in [0.717, 1.165) is 12.8 Å². The van der Waals surface area contributed by atoms with Gasteiger partial charge in [-0.3, -0.25) is 4.84 Å². The van der Waals surface area contributed by atoms with Gasteiger partial charge in [0.25, 0.3) is 0 Å². The quantitative estimate of drug-likeness (QED) is 0.590. The molecule has 1 aromatic carbocycles. The molecule has 1 aromatic rings. The lowest BCUT2D eigenvalue weighted by Gasteiger charge is -2.13. The fourth-order valence-corrected chi connectivity index (χ4v) is 1.96. The van der Waals surface area contributed by atoms with E-state index in [4.69, 9.17) is 9.57 Å². The number of hydroxylamine groups is 1. The monoisotopic (exact) mass is 207 g/mol. The highest BCUT2D eigenvalue weighted by Crippen LogP contribution is 2.30. The first-order chi connectivity index (χ1) is 7.42. The molecule has 0 bridgehead atoms. The zero-order chi connectivity index (χ0) is 10.5. The average Bonchev–Trinajstić information content (AvgIpc) is 2.68. The number of rotatable bonds is 5. The molecule has 0 heterocycles. The van der Waals surface area contributed by atoms with Crippen molar-refractivity contribution >= 4 is 0 Å². The number of hydrogen-bond acceptors (Lipinski definition) is 3. The van der Waals surface area contributed by atoms with E-state index in [0.29, 0.717) is 19.3 Å². The van der Waals surface area contributed by atoms with Crippen LogP contribution in [0.2, 0.25) is 0 Å². The van der Waals surface area contributed by atoms with Gasteiger partial charge in [0.1, 0.15) is 0 Å². The minimum Gasteiger partial charge on any atom is -0.382 e. The topological polar surface area (TPSA) is 30.5 Å². The molecule has 1 aliphatic rings. The summed E-state index contributed by atoms with van der Waals surface area (Å²) < 4.78 is 4.91. The first kappa shape index (κ1) is 10.6. The van der Waals surface area contributed by atoms with Gasteiger partial charge in [0.2, 0.25) is 0 Å². The molecule has 0 spiro atoms. The van der Waals surface area contributed by atoms with Gasteiger partial charge in [0, 0.05) is 7.11 Å². The van der Waals surface area contributed by atoms with E-state index < -0.39 is 0 Å². The van der Waals surface area contributed by atoms with E-state index in [1.54, 1.807) is 7.11 Å². The van der Waals surface area contributed by atoms with E-state index in [1.807, 2.05) is 0 Å². The molecule has 1 N–H and O–H groups in total. The number of aryl methyl sites for hydroxylation is 1. The Hall–Kier alpha value is -0.900. The van der Waals surface area contributed by atoms with E-state index in [1.165, 1.54) is 11.1 Å². The first-order valence-electron chi connectivity index (χ1n) is 5.36. The van der Waals surface area contributed by atoms with Crippen LogP contribution in [0.25, 0.3) is 0 Å². The zero-order valence-electron chi connectivity index (χ0n) is 9.03. The Morgan fingerprint density at radius 2 is 2.20 bits per heavy atom. The Labute approximate surface area is 90.3 Å². The average molecular weight is 207 g/mol. The largest absolute Gasteiger partial charge is 0.382 e. The van der Waals surface area contributed by atoms with Crippen LogP contribution >= 0.6 is 0 Å². The predicted molar refractivity (Wildman–Crippen MR) is 58.5 cm³/mol. The smallest absolute Gasteiger partial charge is 0.0916 e. The number of benzene rings is 1. The van der Waals surface area contributed by atoms with Gasteiger partial charge in [-0.15, -0.1) is 0 Å². The SMILES string of the molecule is COCCONC1CCc2ccccc21.